The van der Waals surface area contributed by atoms with Crippen molar-refractivity contribution in [3.63, 3.8) is 0 Å². The van der Waals surface area contributed by atoms with Crippen LogP contribution in [0.1, 0.15) is 5.56 Å². The number of halogens is 1. The summed E-state index contributed by atoms with van der Waals surface area (Å²) in [5.41, 5.74) is 6.74. The molecule has 0 aliphatic heterocycles. The van der Waals surface area contributed by atoms with Gasteiger partial charge >= 0.3 is 0 Å². The van der Waals surface area contributed by atoms with Crippen LogP contribution in [0.2, 0.25) is 0 Å². The average molecular weight is 300 g/mol. The fourth-order valence-corrected chi connectivity index (χ4v) is 1.78. The lowest BCUT2D eigenvalue weighted by Crippen LogP contribution is -2.00. The van der Waals surface area contributed by atoms with E-state index in [0.717, 1.165) is 3.57 Å². The highest BCUT2D eigenvalue weighted by Crippen LogP contribution is 2.29. The van der Waals surface area contributed by atoms with Crippen molar-refractivity contribution in [1.29, 1.82) is 5.26 Å². The predicted molar refractivity (Wildman–Crippen MR) is 64.0 cm³/mol. The molecule has 0 aliphatic rings. The first-order chi connectivity index (χ1) is 6.69. The first-order valence-corrected chi connectivity index (χ1v) is 4.99. The minimum absolute atomic E-state index is 0.409. The maximum atomic E-state index is 8.69. The van der Waals surface area contributed by atoms with Gasteiger partial charge in [-0.25, -0.2) is 0 Å². The number of nitrogens with zero attached hydrogens (tertiary/aromatic N) is 1. The summed E-state index contributed by atoms with van der Waals surface area (Å²) in [6, 6.07) is 5.36. The lowest BCUT2D eigenvalue weighted by atomic mass is 10.2. The SMILES string of the molecule is C=CCOc1c(N)cc(C#N)cc1I. The van der Waals surface area contributed by atoms with Crippen LogP contribution in [0, 0.1) is 14.9 Å². The number of nitrogen functional groups attached to an aromatic ring is 1. The minimum Gasteiger partial charge on any atom is -0.486 e. The first-order valence-electron chi connectivity index (χ1n) is 3.92. The van der Waals surface area contributed by atoms with E-state index in [0.29, 0.717) is 23.6 Å². The van der Waals surface area contributed by atoms with Crippen molar-refractivity contribution >= 4 is 28.3 Å². The molecule has 0 radical (unpaired) electrons. The molecular formula is C10H9IN2O. The monoisotopic (exact) mass is 300 g/mol. The molecule has 0 amide bonds. The van der Waals surface area contributed by atoms with Crippen molar-refractivity contribution in [2.75, 3.05) is 12.3 Å². The Labute approximate surface area is 96.3 Å². The second-order valence-electron chi connectivity index (χ2n) is 2.59. The van der Waals surface area contributed by atoms with Gasteiger partial charge in [-0.3, -0.25) is 0 Å². The molecule has 1 rings (SSSR count). The summed E-state index contributed by atoms with van der Waals surface area (Å²) >= 11 is 2.08. The van der Waals surface area contributed by atoms with Crippen LogP contribution in [0.5, 0.6) is 5.75 Å². The van der Waals surface area contributed by atoms with Crippen LogP contribution in [0.15, 0.2) is 24.8 Å². The Hall–Kier alpha value is -1.22. The zero-order chi connectivity index (χ0) is 10.6. The molecule has 0 saturated heterocycles. The van der Waals surface area contributed by atoms with Gasteiger partial charge in [-0.2, -0.15) is 5.26 Å². The summed E-state index contributed by atoms with van der Waals surface area (Å²) in [4.78, 5) is 0. The summed E-state index contributed by atoms with van der Waals surface area (Å²) in [6.07, 6.45) is 1.65. The van der Waals surface area contributed by atoms with Crippen LogP contribution >= 0.6 is 22.6 Å². The summed E-state index contributed by atoms with van der Waals surface area (Å²) in [5, 5.41) is 8.69. The van der Waals surface area contributed by atoms with Crippen LogP contribution in [0.25, 0.3) is 0 Å². The van der Waals surface area contributed by atoms with E-state index in [-0.39, 0.29) is 0 Å². The van der Waals surface area contributed by atoms with Crippen molar-refractivity contribution in [3.8, 4) is 11.8 Å². The normalized spacial score (nSPS) is 9.14. The number of nitriles is 1. The van der Waals surface area contributed by atoms with E-state index < -0.39 is 0 Å². The second kappa shape index (κ2) is 4.86. The van der Waals surface area contributed by atoms with Gasteiger partial charge in [0.1, 0.15) is 6.61 Å². The molecule has 2 N–H and O–H groups in total. The van der Waals surface area contributed by atoms with Crippen molar-refractivity contribution < 1.29 is 4.74 Å². The Morgan fingerprint density at radius 2 is 2.36 bits per heavy atom. The number of benzene rings is 1. The van der Waals surface area contributed by atoms with Gasteiger partial charge in [0.2, 0.25) is 0 Å². The van der Waals surface area contributed by atoms with Gasteiger partial charge in [0.25, 0.3) is 0 Å². The van der Waals surface area contributed by atoms with E-state index in [4.69, 9.17) is 15.7 Å². The topological polar surface area (TPSA) is 59.0 Å². The summed E-state index contributed by atoms with van der Waals surface area (Å²) < 4.78 is 6.19. The Kier molecular flexibility index (Phi) is 3.77. The number of hydrogen-bond acceptors (Lipinski definition) is 3. The van der Waals surface area contributed by atoms with E-state index in [1.54, 1.807) is 18.2 Å². The summed E-state index contributed by atoms with van der Waals surface area (Å²) in [6.45, 7) is 3.96. The molecule has 3 nitrogen and oxygen atoms in total. The fraction of sp³-hybridized carbons (Fsp3) is 0.100. The molecule has 0 spiro atoms. The van der Waals surface area contributed by atoms with E-state index >= 15 is 0 Å². The lowest BCUT2D eigenvalue weighted by Gasteiger charge is -2.09. The third-order valence-electron chi connectivity index (χ3n) is 1.55. The molecule has 14 heavy (non-hydrogen) atoms. The lowest BCUT2D eigenvalue weighted by molar-refractivity contribution is 0.362. The second-order valence-corrected chi connectivity index (χ2v) is 3.75. The predicted octanol–water partition coefficient (Wildman–Crippen LogP) is 2.31. The molecule has 1 aromatic carbocycles. The maximum Gasteiger partial charge on any atom is 0.156 e. The Balaban J connectivity index is 3.06. The van der Waals surface area contributed by atoms with E-state index in [9.17, 15) is 0 Å². The molecule has 0 atom stereocenters. The third-order valence-corrected chi connectivity index (χ3v) is 2.35. The quantitative estimate of drug-likeness (QED) is 0.529. The molecule has 0 aliphatic carbocycles. The number of rotatable bonds is 3. The molecule has 0 aromatic heterocycles. The molecular weight excluding hydrogens is 291 g/mol. The average Bonchev–Trinajstić information content (AvgIpc) is 2.16. The Morgan fingerprint density at radius 1 is 1.64 bits per heavy atom. The number of hydrogen-bond donors (Lipinski definition) is 1. The van der Waals surface area contributed by atoms with Gasteiger partial charge in [0, 0.05) is 0 Å². The van der Waals surface area contributed by atoms with Crippen molar-refractivity contribution in [3.05, 3.63) is 33.9 Å². The van der Waals surface area contributed by atoms with Gasteiger partial charge in [0.15, 0.2) is 5.75 Å². The standard InChI is InChI=1S/C10H9IN2O/c1-2-3-14-10-8(11)4-7(6-12)5-9(10)13/h2,4-5H,1,3,13H2. The largest absolute Gasteiger partial charge is 0.486 e. The number of anilines is 1. The van der Waals surface area contributed by atoms with Crippen molar-refractivity contribution in [1.82, 2.24) is 0 Å². The zero-order valence-electron chi connectivity index (χ0n) is 7.46. The van der Waals surface area contributed by atoms with Crippen LogP contribution in [0.4, 0.5) is 5.69 Å². The van der Waals surface area contributed by atoms with Gasteiger partial charge < -0.3 is 10.5 Å². The summed E-state index contributed by atoms with van der Waals surface area (Å²) in [5.74, 6) is 0.615. The summed E-state index contributed by atoms with van der Waals surface area (Å²) in [7, 11) is 0. The molecule has 72 valence electrons. The molecule has 0 bridgehead atoms. The zero-order valence-corrected chi connectivity index (χ0v) is 9.61. The van der Waals surface area contributed by atoms with E-state index in [2.05, 4.69) is 29.2 Å². The highest BCUT2D eigenvalue weighted by Gasteiger charge is 2.07. The molecule has 0 heterocycles. The van der Waals surface area contributed by atoms with Gasteiger partial charge in [-0.05, 0) is 34.7 Å². The van der Waals surface area contributed by atoms with Crippen molar-refractivity contribution in [2.45, 2.75) is 0 Å². The van der Waals surface area contributed by atoms with Crippen LogP contribution in [0.3, 0.4) is 0 Å². The smallest absolute Gasteiger partial charge is 0.156 e. The van der Waals surface area contributed by atoms with Gasteiger partial charge in [-0.1, -0.05) is 12.7 Å². The fourth-order valence-electron chi connectivity index (χ4n) is 0.974. The van der Waals surface area contributed by atoms with E-state index in [1.807, 2.05) is 6.07 Å². The van der Waals surface area contributed by atoms with Crippen LogP contribution < -0.4 is 10.5 Å². The van der Waals surface area contributed by atoms with E-state index in [1.165, 1.54) is 0 Å². The first kappa shape index (κ1) is 10.9. The number of nitrogens with two attached hydrogens (primary N) is 1. The number of ether oxygens (including phenoxy) is 1. The molecule has 1 aromatic rings. The molecule has 0 saturated carbocycles. The molecule has 4 heteroatoms. The van der Waals surface area contributed by atoms with Crippen LogP contribution in [-0.4, -0.2) is 6.61 Å². The Morgan fingerprint density at radius 3 is 2.86 bits per heavy atom. The molecule has 0 unspecified atom stereocenters. The van der Waals surface area contributed by atoms with Gasteiger partial charge in [0.05, 0.1) is 20.9 Å². The maximum absolute atomic E-state index is 8.69. The molecule has 0 fully saturated rings. The van der Waals surface area contributed by atoms with Gasteiger partial charge in [-0.15, -0.1) is 0 Å². The Bertz CT molecular complexity index is 373. The highest BCUT2D eigenvalue weighted by molar-refractivity contribution is 14.1. The minimum atomic E-state index is 0.409. The highest BCUT2D eigenvalue weighted by atomic mass is 127. The third kappa shape index (κ3) is 2.39. The van der Waals surface area contributed by atoms with Crippen LogP contribution in [-0.2, 0) is 0 Å². The van der Waals surface area contributed by atoms with Crippen molar-refractivity contribution in [2.24, 2.45) is 0 Å².